The first-order valence-electron chi connectivity index (χ1n) is 7.71. The van der Waals surface area contributed by atoms with Crippen molar-refractivity contribution < 1.29 is 4.79 Å². The van der Waals surface area contributed by atoms with Gasteiger partial charge in [-0.15, -0.1) is 0 Å². The number of hydrogen-bond acceptors (Lipinski definition) is 5. The Hall–Kier alpha value is -1.69. The molecule has 1 aromatic rings. The van der Waals surface area contributed by atoms with E-state index in [1.807, 2.05) is 0 Å². The predicted octanol–water partition coefficient (Wildman–Crippen LogP) is 1.37. The van der Waals surface area contributed by atoms with Crippen molar-refractivity contribution >= 4 is 11.7 Å². The number of aromatic nitrogens is 2. The summed E-state index contributed by atoms with van der Waals surface area (Å²) >= 11 is 0. The van der Waals surface area contributed by atoms with E-state index in [0.29, 0.717) is 17.4 Å². The van der Waals surface area contributed by atoms with Crippen molar-refractivity contribution in [3.63, 3.8) is 0 Å². The van der Waals surface area contributed by atoms with Crippen LogP contribution in [-0.2, 0) is 0 Å². The Bertz CT molecular complexity index is 457. The van der Waals surface area contributed by atoms with E-state index in [1.165, 1.54) is 6.20 Å². The van der Waals surface area contributed by atoms with Crippen molar-refractivity contribution in [2.24, 2.45) is 5.92 Å². The van der Waals surface area contributed by atoms with Crippen molar-refractivity contribution in [1.82, 2.24) is 20.2 Å². The highest BCUT2D eigenvalue weighted by Gasteiger charge is 2.18. The van der Waals surface area contributed by atoms with Crippen LogP contribution in [0.25, 0.3) is 0 Å². The van der Waals surface area contributed by atoms with E-state index in [-0.39, 0.29) is 5.91 Å². The molecule has 0 aliphatic carbocycles. The lowest BCUT2D eigenvalue weighted by Crippen LogP contribution is -2.37. The molecular formula is C15H25N5O. The monoisotopic (exact) mass is 291 g/mol. The molecule has 2 N–H and O–H groups in total. The summed E-state index contributed by atoms with van der Waals surface area (Å²) in [7, 11) is 2.14. The average molecular weight is 291 g/mol. The van der Waals surface area contributed by atoms with Gasteiger partial charge in [0.15, 0.2) is 0 Å². The molecule has 0 spiro atoms. The lowest BCUT2D eigenvalue weighted by Gasteiger charge is -2.28. The number of carbonyl (C=O) groups excluding carboxylic acids is 1. The van der Waals surface area contributed by atoms with Gasteiger partial charge in [-0.3, -0.25) is 9.78 Å². The molecule has 21 heavy (non-hydrogen) atoms. The standard InChI is InChI=1S/C15H25N5O/c1-3-6-17-14-11-16-10-13(19-14)15(21)18-9-12-4-7-20(2)8-5-12/h10-12H,3-9H2,1-2H3,(H,17,19)(H,18,21). The molecule has 2 rings (SSSR count). The maximum Gasteiger partial charge on any atom is 0.271 e. The molecule has 2 heterocycles. The molecule has 6 nitrogen and oxygen atoms in total. The molecule has 0 radical (unpaired) electrons. The molecular weight excluding hydrogens is 266 g/mol. The molecule has 0 aromatic carbocycles. The van der Waals surface area contributed by atoms with Crippen LogP contribution in [0.3, 0.4) is 0 Å². The fourth-order valence-electron chi connectivity index (χ4n) is 2.41. The van der Waals surface area contributed by atoms with Crippen LogP contribution in [0.4, 0.5) is 5.82 Å². The van der Waals surface area contributed by atoms with E-state index in [0.717, 1.165) is 45.4 Å². The normalized spacial score (nSPS) is 16.7. The minimum atomic E-state index is -0.137. The first-order chi connectivity index (χ1) is 10.2. The Morgan fingerprint density at radius 3 is 2.86 bits per heavy atom. The Balaban J connectivity index is 1.82. The Kier molecular flexibility index (Phi) is 5.92. The van der Waals surface area contributed by atoms with Gasteiger partial charge in [-0.2, -0.15) is 0 Å². The number of hydrogen-bond donors (Lipinski definition) is 2. The predicted molar refractivity (Wildman–Crippen MR) is 83.4 cm³/mol. The molecule has 1 aromatic heterocycles. The van der Waals surface area contributed by atoms with Gasteiger partial charge >= 0.3 is 0 Å². The third kappa shape index (κ3) is 4.97. The van der Waals surface area contributed by atoms with Crippen LogP contribution >= 0.6 is 0 Å². The third-order valence-electron chi connectivity index (χ3n) is 3.81. The highest BCUT2D eigenvalue weighted by atomic mass is 16.1. The molecule has 1 aliphatic rings. The van der Waals surface area contributed by atoms with E-state index >= 15 is 0 Å². The summed E-state index contributed by atoms with van der Waals surface area (Å²) in [6.45, 7) is 5.85. The van der Waals surface area contributed by atoms with Crippen molar-refractivity contribution in [1.29, 1.82) is 0 Å². The highest BCUT2D eigenvalue weighted by Crippen LogP contribution is 2.14. The summed E-state index contributed by atoms with van der Waals surface area (Å²) < 4.78 is 0. The zero-order chi connectivity index (χ0) is 15.1. The summed E-state index contributed by atoms with van der Waals surface area (Å²) in [5, 5.41) is 6.12. The van der Waals surface area contributed by atoms with Gasteiger partial charge in [-0.25, -0.2) is 4.98 Å². The van der Waals surface area contributed by atoms with Gasteiger partial charge in [0.05, 0.1) is 12.4 Å². The van der Waals surface area contributed by atoms with E-state index in [9.17, 15) is 4.79 Å². The molecule has 0 saturated carbocycles. The van der Waals surface area contributed by atoms with Gasteiger partial charge in [-0.1, -0.05) is 6.92 Å². The second kappa shape index (κ2) is 7.93. The number of anilines is 1. The summed E-state index contributed by atoms with van der Waals surface area (Å²) in [6, 6.07) is 0. The molecule has 1 amide bonds. The first-order valence-corrected chi connectivity index (χ1v) is 7.71. The summed E-state index contributed by atoms with van der Waals surface area (Å²) in [6.07, 6.45) is 6.44. The second-order valence-corrected chi connectivity index (χ2v) is 5.67. The van der Waals surface area contributed by atoms with Gasteiger partial charge in [0.2, 0.25) is 0 Å². The third-order valence-corrected chi connectivity index (χ3v) is 3.81. The van der Waals surface area contributed by atoms with Crippen LogP contribution in [-0.4, -0.2) is 54.0 Å². The molecule has 6 heteroatoms. The Morgan fingerprint density at radius 1 is 1.38 bits per heavy atom. The number of carbonyl (C=O) groups is 1. The number of amides is 1. The first kappa shape index (κ1) is 15.7. The molecule has 0 unspecified atom stereocenters. The van der Waals surface area contributed by atoms with Crippen molar-refractivity contribution in [3.8, 4) is 0 Å². The summed E-state index contributed by atoms with van der Waals surface area (Å²) in [4.78, 5) is 22.8. The number of likely N-dealkylation sites (tertiary alicyclic amines) is 1. The van der Waals surface area contributed by atoms with Crippen LogP contribution in [0.2, 0.25) is 0 Å². The van der Waals surface area contributed by atoms with Crippen LogP contribution < -0.4 is 10.6 Å². The van der Waals surface area contributed by atoms with Gasteiger partial charge in [0, 0.05) is 13.1 Å². The van der Waals surface area contributed by atoms with Crippen LogP contribution in [0.15, 0.2) is 12.4 Å². The minimum absolute atomic E-state index is 0.137. The van der Waals surface area contributed by atoms with Gasteiger partial charge < -0.3 is 15.5 Å². The fraction of sp³-hybridized carbons (Fsp3) is 0.667. The van der Waals surface area contributed by atoms with E-state index in [2.05, 4.69) is 39.5 Å². The van der Waals surface area contributed by atoms with Crippen LogP contribution in [0.1, 0.15) is 36.7 Å². The highest BCUT2D eigenvalue weighted by molar-refractivity contribution is 5.92. The fourth-order valence-corrected chi connectivity index (χ4v) is 2.41. The average Bonchev–Trinajstić information content (AvgIpc) is 2.52. The molecule has 116 valence electrons. The zero-order valence-electron chi connectivity index (χ0n) is 12.9. The van der Waals surface area contributed by atoms with Crippen LogP contribution in [0, 0.1) is 5.92 Å². The van der Waals surface area contributed by atoms with Crippen molar-refractivity contribution in [2.75, 3.05) is 38.5 Å². The zero-order valence-corrected chi connectivity index (χ0v) is 12.9. The smallest absolute Gasteiger partial charge is 0.271 e. The van der Waals surface area contributed by atoms with E-state index in [4.69, 9.17) is 0 Å². The summed E-state index contributed by atoms with van der Waals surface area (Å²) in [5.41, 5.74) is 0.379. The molecule has 1 aliphatic heterocycles. The van der Waals surface area contributed by atoms with Gasteiger partial charge in [-0.05, 0) is 45.3 Å². The molecule has 0 atom stereocenters. The quantitative estimate of drug-likeness (QED) is 0.828. The number of piperidine rings is 1. The number of nitrogens with zero attached hydrogens (tertiary/aromatic N) is 3. The van der Waals surface area contributed by atoms with E-state index < -0.39 is 0 Å². The van der Waals surface area contributed by atoms with Gasteiger partial charge in [0.1, 0.15) is 11.5 Å². The maximum atomic E-state index is 12.1. The maximum absolute atomic E-state index is 12.1. The number of nitrogens with one attached hydrogen (secondary N) is 2. The largest absolute Gasteiger partial charge is 0.369 e. The Morgan fingerprint density at radius 2 is 2.14 bits per heavy atom. The minimum Gasteiger partial charge on any atom is -0.369 e. The molecule has 0 bridgehead atoms. The Labute approximate surface area is 126 Å². The lowest BCUT2D eigenvalue weighted by molar-refractivity contribution is 0.0933. The number of rotatable bonds is 6. The molecule has 1 fully saturated rings. The van der Waals surface area contributed by atoms with Crippen LogP contribution in [0.5, 0.6) is 0 Å². The molecule has 1 saturated heterocycles. The SMILES string of the molecule is CCCNc1cncc(C(=O)NCC2CCN(C)CC2)n1. The van der Waals surface area contributed by atoms with Gasteiger partial charge in [0.25, 0.3) is 5.91 Å². The lowest BCUT2D eigenvalue weighted by atomic mass is 9.97. The van der Waals surface area contributed by atoms with E-state index in [1.54, 1.807) is 6.20 Å². The van der Waals surface area contributed by atoms with Crippen molar-refractivity contribution in [2.45, 2.75) is 26.2 Å². The topological polar surface area (TPSA) is 70.2 Å². The van der Waals surface area contributed by atoms with Crippen molar-refractivity contribution in [3.05, 3.63) is 18.1 Å². The summed E-state index contributed by atoms with van der Waals surface area (Å²) in [5.74, 6) is 1.09. The second-order valence-electron chi connectivity index (χ2n) is 5.67.